The quantitative estimate of drug-likeness (QED) is 0.851. The van der Waals surface area contributed by atoms with E-state index >= 15 is 0 Å². The van der Waals surface area contributed by atoms with E-state index in [1.807, 2.05) is 0 Å². The second kappa shape index (κ2) is 4.07. The largest absolute Gasteiger partial charge is 0.478 e. The predicted octanol–water partition coefficient (Wildman–Crippen LogP) is 2.04. The second-order valence-electron chi connectivity index (χ2n) is 4.46. The number of hydrogen-bond donors (Lipinski definition) is 2. The Kier molecular flexibility index (Phi) is 2.87. The van der Waals surface area contributed by atoms with Crippen molar-refractivity contribution in [3.63, 3.8) is 0 Å². The molecule has 1 aromatic rings. The summed E-state index contributed by atoms with van der Waals surface area (Å²) in [5.41, 5.74) is 5.14. The summed E-state index contributed by atoms with van der Waals surface area (Å²) in [6.07, 6.45) is 2.54. The topological polar surface area (TPSA) is 63.3 Å². The summed E-state index contributed by atoms with van der Waals surface area (Å²) in [6, 6.07) is 2.26. The van der Waals surface area contributed by atoms with E-state index in [0.29, 0.717) is 12.1 Å². The van der Waals surface area contributed by atoms with Gasteiger partial charge in [0.2, 0.25) is 0 Å². The van der Waals surface area contributed by atoms with Crippen LogP contribution >= 0.6 is 0 Å². The van der Waals surface area contributed by atoms with Gasteiger partial charge in [0, 0.05) is 12.0 Å². The standard InChI is InChI=1S/C12H13F2NO2/c13-9-5-7(12(6-15)2-1-3-12)4-8(10(9)14)11(16)17/h4-5H,1-3,6,15H2,(H,16,17). The highest BCUT2D eigenvalue weighted by molar-refractivity contribution is 5.88. The van der Waals surface area contributed by atoms with Gasteiger partial charge < -0.3 is 10.8 Å². The number of nitrogens with two attached hydrogens (primary N) is 1. The summed E-state index contributed by atoms with van der Waals surface area (Å²) >= 11 is 0. The lowest BCUT2D eigenvalue weighted by molar-refractivity contribution is 0.0690. The highest BCUT2D eigenvalue weighted by Crippen LogP contribution is 2.43. The summed E-state index contributed by atoms with van der Waals surface area (Å²) < 4.78 is 26.6. The normalized spacial score (nSPS) is 17.6. The van der Waals surface area contributed by atoms with Gasteiger partial charge in [0.25, 0.3) is 0 Å². The highest BCUT2D eigenvalue weighted by atomic mass is 19.2. The third-order valence-corrected chi connectivity index (χ3v) is 3.57. The average Bonchev–Trinajstić information content (AvgIpc) is 2.21. The van der Waals surface area contributed by atoms with E-state index in [4.69, 9.17) is 10.8 Å². The molecule has 0 atom stereocenters. The lowest BCUT2D eigenvalue weighted by Gasteiger charge is -2.41. The van der Waals surface area contributed by atoms with Crippen molar-refractivity contribution in [3.05, 3.63) is 34.9 Å². The number of hydrogen-bond acceptors (Lipinski definition) is 2. The maximum absolute atomic E-state index is 13.3. The summed E-state index contributed by atoms with van der Waals surface area (Å²) in [6.45, 7) is 0.317. The molecule has 3 nitrogen and oxygen atoms in total. The molecule has 1 aliphatic rings. The Bertz CT molecular complexity index is 464. The van der Waals surface area contributed by atoms with Crippen molar-refractivity contribution >= 4 is 5.97 Å². The molecule has 0 amide bonds. The molecule has 5 heteroatoms. The Hall–Kier alpha value is -1.49. The van der Waals surface area contributed by atoms with Crippen LogP contribution < -0.4 is 5.73 Å². The van der Waals surface area contributed by atoms with E-state index in [9.17, 15) is 13.6 Å². The third kappa shape index (κ3) is 1.80. The van der Waals surface area contributed by atoms with Gasteiger partial charge in [-0.25, -0.2) is 13.6 Å². The van der Waals surface area contributed by atoms with Crippen LogP contribution in [-0.4, -0.2) is 17.6 Å². The smallest absolute Gasteiger partial charge is 0.338 e. The monoisotopic (exact) mass is 241 g/mol. The van der Waals surface area contributed by atoms with E-state index in [1.54, 1.807) is 0 Å². The number of halogens is 2. The molecule has 1 aromatic carbocycles. The number of aromatic carboxylic acids is 1. The Morgan fingerprint density at radius 1 is 1.41 bits per heavy atom. The van der Waals surface area contributed by atoms with Gasteiger partial charge in [-0.1, -0.05) is 6.42 Å². The number of carboxylic acid groups (broad SMARTS) is 1. The lowest BCUT2D eigenvalue weighted by atomic mass is 9.64. The molecule has 1 aliphatic carbocycles. The fourth-order valence-corrected chi connectivity index (χ4v) is 2.27. The van der Waals surface area contributed by atoms with Crippen LogP contribution in [0.3, 0.4) is 0 Å². The first-order valence-corrected chi connectivity index (χ1v) is 5.43. The summed E-state index contributed by atoms with van der Waals surface area (Å²) in [7, 11) is 0. The van der Waals surface area contributed by atoms with Gasteiger partial charge in [-0.15, -0.1) is 0 Å². The fraction of sp³-hybridized carbons (Fsp3) is 0.417. The van der Waals surface area contributed by atoms with Gasteiger partial charge in [0.1, 0.15) is 0 Å². The molecule has 1 fully saturated rings. The van der Waals surface area contributed by atoms with Crippen molar-refractivity contribution in [1.29, 1.82) is 0 Å². The van der Waals surface area contributed by atoms with E-state index < -0.39 is 23.2 Å². The Labute approximate surface area is 97.2 Å². The van der Waals surface area contributed by atoms with Gasteiger partial charge in [-0.2, -0.15) is 0 Å². The van der Waals surface area contributed by atoms with Gasteiger partial charge in [0.05, 0.1) is 5.56 Å². The van der Waals surface area contributed by atoms with Crippen molar-refractivity contribution in [2.24, 2.45) is 5.73 Å². The van der Waals surface area contributed by atoms with Crippen LogP contribution in [0.2, 0.25) is 0 Å². The summed E-state index contributed by atoms with van der Waals surface area (Å²) in [5, 5.41) is 8.81. The van der Waals surface area contributed by atoms with Gasteiger partial charge >= 0.3 is 5.97 Å². The molecule has 0 bridgehead atoms. The molecule has 1 saturated carbocycles. The minimum Gasteiger partial charge on any atom is -0.478 e. The first-order valence-electron chi connectivity index (χ1n) is 5.43. The fourth-order valence-electron chi connectivity index (χ4n) is 2.27. The lowest BCUT2D eigenvalue weighted by Crippen LogP contribution is -2.41. The molecule has 92 valence electrons. The first-order chi connectivity index (χ1) is 8.00. The molecular formula is C12H13F2NO2. The molecular weight excluding hydrogens is 228 g/mol. The molecule has 0 unspecified atom stereocenters. The first kappa shape index (κ1) is 12.0. The molecule has 2 rings (SSSR count). The van der Waals surface area contributed by atoms with Crippen LogP contribution in [0.4, 0.5) is 8.78 Å². The van der Waals surface area contributed by atoms with Crippen molar-refractivity contribution in [2.75, 3.05) is 6.54 Å². The Morgan fingerprint density at radius 2 is 2.06 bits per heavy atom. The predicted molar refractivity (Wildman–Crippen MR) is 57.9 cm³/mol. The number of carbonyl (C=O) groups is 1. The van der Waals surface area contributed by atoms with E-state index in [2.05, 4.69) is 0 Å². The van der Waals surface area contributed by atoms with Gasteiger partial charge in [0.15, 0.2) is 11.6 Å². The molecule has 0 radical (unpaired) electrons. The average molecular weight is 241 g/mol. The maximum atomic E-state index is 13.3. The summed E-state index contributed by atoms with van der Waals surface area (Å²) in [4.78, 5) is 10.8. The van der Waals surface area contributed by atoms with Crippen LogP contribution in [0, 0.1) is 11.6 Å². The Morgan fingerprint density at radius 3 is 2.47 bits per heavy atom. The van der Waals surface area contributed by atoms with Gasteiger partial charge in [-0.3, -0.25) is 0 Å². The summed E-state index contributed by atoms with van der Waals surface area (Å²) in [5.74, 6) is -3.90. The number of rotatable bonds is 3. The molecule has 0 spiro atoms. The second-order valence-corrected chi connectivity index (χ2v) is 4.46. The molecule has 0 saturated heterocycles. The minimum absolute atomic E-state index is 0.317. The zero-order chi connectivity index (χ0) is 12.6. The number of benzene rings is 1. The molecule has 0 aliphatic heterocycles. The Balaban J connectivity index is 2.53. The van der Waals surface area contributed by atoms with Crippen molar-refractivity contribution in [3.8, 4) is 0 Å². The third-order valence-electron chi connectivity index (χ3n) is 3.57. The van der Waals surface area contributed by atoms with Crippen molar-refractivity contribution < 1.29 is 18.7 Å². The molecule has 0 heterocycles. The maximum Gasteiger partial charge on any atom is 0.338 e. The molecule has 0 aromatic heterocycles. The van der Waals surface area contributed by atoms with Crippen LogP contribution in [0.25, 0.3) is 0 Å². The van der Waals surface area contributed by atoms with E-state index in [-0.39, 0.29) is 5.41 Å². The number of carboxylic acids is 1. The zero-order valence-electron chi connectivity index (χ0n) is 9.17. The van der Waals surface area contributed by atoms with Crippen LogP contribution in [0.1, 0.15) is 35.2 Å². The van der Waals surface area contributed by atoms with Crippen molar-refractivity contribution in [2.45, 2.75) is 24.7 Å². The SMILES string of the molecule is NCC1(c2cc(F)c(F)c(C(=O)O)c2)CCC1. The van der Waals surface area contributed by atoms with E-state index in [1.165, 1.54) is 6.07 Å². The van der Waals surface area contributed by atoms with Crippen molar-refractivity contribution in [1.82, 2.24) is 0 Å². The van der Waals surface area contributed by atoms with Crippen LogP contribution in [0.5, 0.6) is 0 Å². The zero-order valence-corrected chi connectivity index (χ0v) is 9.17. The van der Waals surface area contributed by atoms with Crippen LogP contribution in [0.15, 0.2) is 12.1 Å². The highest BCUT2D eigenvalue weighted by Gasteiger charge is 2.38. The molecule has 17 heavy (non-hydrogen) atoms. The molecule has 3 N–H and O–H groups in total. The minimum atomic E-state index is -1.46. The van der Waals surface area contributed by atoms with Crippen LogP contribution in [-0.2, 0) is 5.41 Å². The van der Waals surface area contributed by atoms with Gasteiger partial charge in [-0.05, 0) is 30.5 Å². The van der Waals surface area contributed by atoms with E-state index in [0.717, 1.165) is 25.3 Å².